The fourth-order valence-corrected chi connectivity index (χ4v) is 1.42. The largest absolute Gasteiger partial charge is 0.472 e. The van der Waals surface area contributed by atoms with E-state index in [-0.39, 0.29) is 0 Å². The van der Waals surface area contributed by atoms with Crippen LogP contribution in [0.5, 0.6) is 0 Å². The number of rotatable bonds is 0. The first-order valence-corrected chi connectivity index (χ1v) is 4.88. The smallest absolute Gasteiger partial charge is 0.382 e. The molecular weight excluding hydrogens is 300 g/mol. The Labute approximate surface area is 92.2 Å². The summed E-state index contributed by atoms with van der Waals surface area (Å²) >= 11 is 6.53. The predicted octanol–water partition coefficient (Wildman–Crippen LogP) is 2.65. The maximum absolute atomic E-state index is 10.2. The molecule has 1 N–H and O–H groups in total. The molecule has 1 rings (SSSR count). The van der Waals surface area contributed by atoms with Crippen molar-refractivity contribution < 1.29 is 9.90 Å². The second-order valence-corrected chi connectivity index (χ2v) is 3.95. The Morgan fingerprint density at radius 2 is 2.08 bits per heavy atom. The highest BCUT2D eigenvalue weighted by atomic mass is 79.9. The zero-order valence-electron chi connectivity index (χ0n) is 6.34. The van der Waals surface area contributed by atoms with E-state index in [2.05, 4.69) is 37.8 Å². The first-order valence-electron chi connectivity index (χ1n) is 3.29. The van der Waals surface area contributed by atoms with Crippen LogP contribution in [0.1, 0.15) is 5.56 Å². The molecule has 4 heteroatoms. The zero-order chi connectivity index (χ0) is 9.84. The number of benzene rings is 1. The van der Waals surface area contributed by atoms with Gasteiger partial charge in [0.25, 0.3) is 0 Å². The van der Waals surface area contributed by atoms with E-state index < -0.39 is 5.97 Å². The predicted molar refractivity (Wildman–Crippen MR) is 56.4 cm³/mol. The van der Waals surface area contributed by atoms with Crippen molar-refractivity contribution >= 4 is 37.8 Å². The second kappa shape index (κ2) is 4.45. The minimum Gasteiger partial charge on any atom is -0.472 e. The van der Waals surface area contributed by atoms with Gasteiger partial charge in [-0.2, -0.15) is 0 Å². The summed E-state index contributed by atoms with van der Waals surface area (Å²) < 4.78 is 1.65. The van der Waals surface area contributed by atoms with Crippen LogP contribution < -0.4 is 0 Å². The van der Waals surface area contributed by atoms with Crippen LogP contribution in [0.3, 0.4) is 0 Å². The molecule has 2 nitrogen and oxygen atoms in total. The lowest BCUT2D eigenvalue weighted by Gasteiger charge is -1.95. The van der Waals surface area contributed by atoms with Gasteiger partial charge in [0.15, 0.2) is 0 Å². The first-order chi connectivity index (χ1) is 6.09. The lowest BCUT2D eigenvalue weighted by molar-refractivity contribution is -0.130. The highest BCUT2D eigenvalue weighted by molar-refractivity contribution is 9.11. The maximum atomic E-state index is 10.2. The molecule has 0 saturated carbocycles. The molecule has 0 spiro atoms. The standard InChI is InChI=1S/C9H4Br2O2/c10-7-2-3-8(11)6(5-7)1-4-9(12)13/h2-3,5H,(H,12,13). The summed E-state index contributed by atoms with van der Waals surface area (Å²) in [6.45, 7) is 0. The number of hydrogen-bond donors (Lipinski definition) is 1. The van der Waals surface area contributed by atoms with Crippen molar-refractivity contribution in [3.63, 3.8) is 0 Å². The van der Waals surface area contributed by atoms with Gasteiger partial charge in [-0.05, 0) is 34.1 Å². The maximum Gasteiger partial charge on any atom is 0.382 e. The lowest BCUT2D eigenvalue weighted by atomic mass is 10.2. The van der Waals surface area contributed by atoms with E-state index in [1.807, 2.05) is 12.0 Å². The number of aliphatic carboxylic acids is 1. The molecule has 0 radical (unpaired) electrons. The molecule has 1 aromatic carbocycles. The van der Waals surface area contributed by atoms with Crippen LogP contribution in [0.4, 0.5) is 0 Å². The van der Waals surface area contributed by atoms with Gasteiger partial charge in [0.05, 0.1) is 0 Å². The molecule has 0 heterocycles. The summed E-state index contributed by atoms with van der Waals surface area (Å²) in [5.41, 5.74) is 0.650. The van der Waals surface area contributed by atoms with Gasteiger partial charge < -0.3 is 5.11 Å². The van der Waals surface area contributed by atoms with E-state index in [0.717, 1.165) is 8.95 Å². The molecule has 0 aromatic heterocycles. The Kier molecular flexibility index (Phi) is 3.52. The molecule has 0 unspecified atom stereocenters. The number of carboxylic acid groups (broad SMARTS) is 1. The summed E-state index contributed by atoms with van der Waals surface area (Å²) in [7, 11) is 0. The quantitative estimate of drug-likeness (QED) is 0.748. The lowest BCUT2D eigenvalue weighted by Crippen LogP contribution is -1.87. The topological polar surface area (TPSA) is 37.3 Å². The molecule has 0 bridgehead atoms. The van der Waals surface area contributed by atoms with E-state index in [0.29, 0.717) is 5.56 Å². The monoisotopic (exact) mass is 302 g/mol. The van der Waals surface area contributed by atoms with Crippen LogP contribution >= 0.6 is 31.9 Å². The minimum atomic E-state index is -1.13. The molecule has 0 atom stereocenters. The number of carbonyl (C=O) groups is 1. The highest BCUT2D eigenvalue weighted by Gasteiger charge is 1.96. The first kappa shape index (κ1) is 10.3. The highest BCUT2D eigenvalue weighted by Crippen LogP contribution is 2.20. The molecule has 0 aliphatic heterocycles. The van der Waals surface area contributed by atoms with Crippen molar-refractivity contribution in [1.29, 1.82) is 0 Å². The Morgan fingerprint density at radius 1 is 1.38 bits per heavy atom. The SMILES string of the molecule is O=C(O)C#Cc1cc(Br)ccc1Br. The fourth-order valence-electron chi connectivity index (χ4n) is 0.714. The molecule has 1 aromatic rings. The fraction of sp³-hybridized carbons (Fsp3) is 0. The van der Waals surface area contributed by atoms with Crippen molar-refractivity contribution in [1.82, 2.24) is 0 Å². The average molecular weight is 304 g/mol. The Hall–Kier alpha value is -0.790. The van der Waals surface area contributed by atoms with E-state index in [1.165, 1.54) is 0 Å². The Morgan fingerprint density at radius 3 is 2.69 bits per heavy atom. The minimum absolute atomic E-state index is 0.650. The van der Waals surface area contributed by atoms with Crippen molar-refractivity contribution in [2.45, 2.75) is 0 Å². The zero-order valence-corrected chi connectivity index (χ0v) is 9.52. The van der Waals surface area contributed by atoms with Gasteiger partial charge in [-0.3, -0.25) is 0 Å². The van der Waals surface area contributed by atoms with Gasteiger partial charge >= 0.3 is 5.97 Å². The van der Waals surface area contributed by atoms with Gasteiger partial charge in [-0.1, -0.05) is 21.9 Å². The third-order valence-electron chi connectivity index (χ3n) is 1.23. The van der Waals surface area contributed by atoms with E-state index in [1.54, 1.807) is 12.1 Å². The Balaban J connectivity index is 3.09. The van der Waals surface area contributed by atoms with Crippen LogP contribution in [0.25, 0.3) is 0 Å². The number of hydrogen-bond acceptors (Lipinski definition) is 1. The Bertz CT molecular complexity index is 402. The summed E-state index contributed by atoms with van der Waals surface area (Å²) in [4.78, 5) is 10.2. The van der Waals surface area contributed by atoms with Crippen molar-refractivity contribution in [3.8, 4) is 11.8 Å². The molecule has 0 saturated heterocycles. The van der Waals surface area contributed by atoms with Crippen LogP contribution in [-0.2, 0) is 4.79 Å². The van der Waals surface area contributed by atoms with Crippen LogP contribution in [-0.4, -0.2) is 11.1 Å². The van der Waals surface area contributed by atoms with Crippen molar-refractivity contribution in [3.05, 3.63) is 32.7 Å². The molecular formula is C9H4Br2O2. The third kappa shape index (κ3) is 3.21. The number of carboxylic acids is 1. The summed E-state index contributed by atoms with van der Waals surface area (Å²) in [5, 5.41) is 8.33. The normalized spacial score (nSPS) is 8.77. The van der Waals surface area contributed by atoms with Crippen LogP contribution in [0.2, 0.25) is 0 Å². The van der Waals surface area contributed by atoms with E-state index >= 15 is 0 Å². The molecule has 0 aliphatic rings. The van der Waals surface area contributed by atoms with E-state index in [9.17, 15) is 4.79 Å². The number of halogens is 2. The molecule has 13 heavy (non-hydrogen) atoms. The molecule has 0 amide bonds. The molecule has 66 valence electrons. The van der Waals surface area contributed by atoms with Gasteiger partial charge in [0.2, 0.25) is 0 Å². The van der Waals surface area contributed by atoms with Gasteiger partial charge in [-0.15, -0.1) is 0 Å². The average Bonchev–Trinajstić information content (AvgIpc) is 2.06. The van der Waals surface area contributed by atoms with Crippen molar-refractivity contribution in [2.24, 2.45) is 0 Å². The van der Waals surface area contributed by atoms with Crippen LogP contribution in [0, 0.1) is 11.8 Å². The summed E-state index contributed by atoms with van der Waals surface area (Å²) in [6, 6.07) is 5.39. The van der Waals surface area contributed by atoms with Crippen molar-refractivity contribution in [2.75, 3.05) is 0 Å². The van der Waals surface area contributed by atoms with Gasteiger partial charge in [-0.25, -0.2) is 4.79 Å². The van der Waals surface area contributed by atoms with Gasteiger partial charge in [0, 0.05) is 20.4 Å². The third-order valence-corrected chi connectivity index (χ3v) is 2.42. The molecule has 0 aliphatic carbocycles. The van der Waals surface area contributed by atoms with Crippen LogP contribution in [0.15, 0.2) is 27.1 Å². The summed E-state index contributed by atoms with van der Waals surface area (Å²) in [5.74, 6) is 3.44. The van der Waals surface area contributed by atoms with Gasteiger partial charge in [0.1, 0.15) is 0 Å². The molecule has 0 fully saturated rings. The second-order valence-electron chi connectivity index (χ2n) is 2.18. The van der Waals surface area contributed by atoms with E-state index in [4.69, 9.17) is 5.11 Å². The summed E-state index contributed by atoms with van der Waals surface area (Å²) in [6.07, 6.45) is 0.